The first-order valence-electron chi connectivity index (χ1n) is 8.88. The second-order valence-corrected chi connectivity index (χ2v) is 8.23. The molecular weight excluding hydrogens is 443 g/mol. The number of ether oxygens (including phenoxy) is 1. The SMILES string of the molecule is COc1ccc2nc(-n3nc(C)cc3NC(=O)/C=C/c3ccc(Cl)c(Cl)c3)sc2c1. The highest BCUT2D eigenvalue weighted by Gasteiger charge is 2.14. The van der Waals surface area contributed by atoms with Crippen LogP contribution in [0.3, 0.4) is 0 Å². The second-order valence-electron chi connectivity index (χ2n) is 6.41. The number of rotatable bonds is 5. The number of benzene rings is 2. The predicted octanol–water partition coefficient (Wildman–Crippen LogP) is 5.76. The van der Waals surface area contributed by atoms with Crippen molar-refractivity contribution in [2.24, 2.45) is 0 Å². The third-order valence-electron chi connectivity index (χ3n) is 4.22. The van der Waals surface area contributed by atoms with E-state index in [2.05, 4.69) is 15.4 Å². The molecule has 0 atom stereocenters. The summed E-state index contributed by atoms with van der Waals surface area (Å²) in [5.41, 5.74) is 2.36. The van der Waals surface area contributed by atoms with E-state index >= 15 is 0 Å². The van der Waals surface area contributed by atoms with Crippen molar-refractivity contribution in [2.75, 3.05) is 12.4 Å². The molecule has 0 radical (unpaired) electrons. The number of carbonyl (C=O) groups excluding carboxylic acids is 1. The van der Waals surface area contributed by atoms with Crippen molar-refractivity contribution in [2.45, 2.75) is 6.92 Å². The molecule has 6 nitrogen and oxygen atoms in total. The number of carbonyl (C=O) groups is 1. The minimum atomic E-state index is -0.301. The molecule has 0 unspecified atom stereocenters. The average molecular weight is 459 g/mol. The van der Waals surface area contributed by atoms with E-state index in [1.165, 1.54) is 17.4 Å². The normalized spacial score (nSPS) is 11.3. The highest BCUT2D eigenvalue weighted by Crippen LogP contribution is 2.30. The summed E-state index contributed by atoms with van der Waals surface area (Å²) in [4.78, 5) is 17.1. The molecule has 4 rings (SSSR count). The van der Waals surface area contributed by atoms with E-state index in [1.54, 1.807) is 42.1 Å². The lowest BCUT2D eigenvalue weighted by atomic mass is 10.2. The molecule has 1 amide bonds. The van der Waals surface area contributed by atoms with Crippen molar-refractivity contribution < 1.29 is 9.53 Å². The van der Waals surface area contributed by atoms with Gasteiger partial charge >= 0.3 is 0 Å². The lowest BCUT2D eigenvalue weighted by Gasteiger charge is -2.04. The lowest BCUT2D eigenvalue weighted by Crippen LogP contribution is -2.12. The molecule has 0 spiro atoms. The first-order valence-corrected chi connectivity index (χ1v) is 10.5. The zero-order valence-corrected chi connectivity index (χ0v) is 18.3. The van der Waals surface area contributed by atoms with Gasteiger partial charge in [0.2, 0.25) is 11.0 Å². The number of anilines is 1. The number of fused-ring (bicyclic) bond motifs is 1. The number of nitrogens with one attached hydrogen (secondary N) is 1. The van der Waals surface area contributed by atoms with Crippen molar-refractivity contribution in [3.8, 4) is 10.9 Å². The number of halogens is 2. The van der Waals surface area contributed by atoms with E-state index in [0.717, 1.165) is 27.2 Å². The van der Waals surface area contributed by atoms with Gasteiger partial charge in [0.15, 0.2) is 0 Å². The number of thiazole rings is 1. The Kier molecular flexibility index (Phi) is 5.76. The van der Waals surface area contributed by atoms with Gasteiger partial charge in [0.1, 0.15) is 11.6 Å². The highest BCUT2D eigenvalue weighted by atomic mass is 35.5. The van der Waals surface area contributed by atoms with E-state index in [9.17, 15) is 4.79 Å². The lowest BCUT2D eigenvalue weighted by molar-refractivity contribution is -0.111. The van der Waals surface area contributed by atoms with Crippen LogP contribution < -0.4 is 10.1 Å². The van der Waals surface area contributed by atoms with Crippen LogP contribution in [0, 0.1) is 6.92 Å². The van der Waals surface area contributed by atoms with E-state index in [-0.39, 0.29) is 5.91 Å². The van der Waals surface area contributed by atoms with Crippen LogP contribution in [0.5, 0.6) is 5.75 Å². The Morgan fingerprint density at radius 3 is 2.77 bits per heavy atom. The van der Waals surface area contributed by atoms with Gasteiger partial charge in [-0.1, -0.05) is 40.6 Å². The molecule has 2 aromatic carbocycles. The molecule has 152 valence electrons. The number of amides is 1. The van der Waals surface area contributed by atoms with Crippen LogP contribution in [-0.4, -0.2) is 27.8 Å². The van der Waals surface area contributed by atoms with E-state index in [0.29, 0.717) is 21.0 Å². The first kappa shape index (κ1) is 20.4. The third-order valence-corrected chi connectivity index (χ3v) is 5.95. The molecule has 0 saturated heterocycles. The smallest absolute Gasteiger partial charge is 0.249 e. The fraction of sp³-hybridized carbons (Fsp3) is 0.0952. The maximum Gasteiger partial charge on any atom is 0.249 e. The van der Waals surface area contributed by atoms with Gasteiger partial charge in [-0.15, -0.1) is 0 Å². The van der Waals surface area contributed by atoms with Gasteiger partial charge in [0.05, 0.1) is 33.1 Å². The molecular formula is C21H16Cl2N4O2S. The molecule has 0 aliphatic heterocycles. The van der Waals surface area contributed by atoms with Crippen molar-refractivity contribution in [3.63, 3.8) is 0 Å². The molecule has 0 bridgehead atoms. The number of hydrogen-bond donors (Lipinski definition) is 1. The summed E-state index contributed by atoms with van der Waals surface area (Å²) in [6.45, 7) is 1.86. The van der Waals surface area contributed by atoms with Gasteiger partial charge in [0.25, 0.3) is 0 Å². The summed E-state index contributed by atoms with van der Waals surface area (Å²) in [7, 11) is 1.62. The summed E-state index contributed by atoms with van der Waals surface area (Å²) in [5, 5.41) is 8.87. The minimum Gasteiger partial charge on any atom is -0.497 e. The van der Waals surface area contributed by atoms with Crippen molar-refractivity contribution in [1.82, 2.24) is 14.8 Å². The zero-order chi connectivity index (χ0) is 21.3. The maximum absolute atomic E-state index is 12.5. The topological polar surface area (TPSA) is 69.0 Å². The summed E-state index contributed by atoms with van der Waals surface area (Å²) in [6, 6.07) is 12.6. The highest BCUT2D eigenvalue weighted by molar-refractivity contribution is 7.20. The fourth-order valence-corrected chi connectivity index (χ4v) is 4.07. The summed E-state index contributed by atoms with van der Waals surface area (Å²) >= 11 is 13.4. The van der Waals surface area contributed by atoms with Gasteiger partial charge in [-0.25, -0.2) is 4.98 Å². The number of methoxy groups -OCH3 is 1. The summed E-state index contributed by atoms with van der Waals surface area (Å²) in [6.07, 6.45) is 3.09. The number of aryl methyl sites for hydroxylation is 1. The van der Waals surface area contributed by atoms with Crippen molar-refractivity contribution >= 4 is 62.6 Å². The molecule has 30 heavy (non-hydrogen) atoms. The average Bonchev–Trinajstić information content (AvgIpc) is 3.31. The van der Waals surface area contributed by atoms with Crippen LogP contribution in [-0.2, 0) is 4.79 Å². The molecule has 2 heterocycles. The van der Waals surface area contributed by atoms with Gasteiger partial charge in [0, 0.05) is 12.1 Å². The van der Waals surface area contributed by atoms with Crippen LogP contribution in [0.1, 0.15) is 11.3 Å². The molecule has 0 saturated carbocycles. The Hall–Kier alpha value is -2.87. The first-order chi connectivity index (χ1) is 14.4. The van der Waals surface area contributed by atoms with Gasteiger partial charge < -0.3 is 10.1 Å². The van der Waals surface area contributed by atoms with Crippen LogP contribution in [0.25, 0.3) is 21.4 Å². The van der Waals surface area contributed by atoms with Crippen molar-refractivity contribution in [1.29, 1.82) is 0 Å². The molecule has 0 fully saturated rings. The molecule has 9 heteroatoms. The minimum absolute atomic E-state index is 0.301. The summed E-state index contributed by atoms with van der Waals surface area (Å²) < 4.78 is 7.86. The summed E-state index contributed by atoms with van der Waals surface area (Å²) in [5.74, 6) is 0.989. The van der Waals surface area contributed by atoms with E-state index in [1.807, 2.05) is 25.1 Å². The Labute approximate surface area is 186 Å². The van der Waals surface area contributed by atoms with Gasteiger partial charge in [-0.2, -0.15) is 9.78 Å². The third kappa shape index (κ3) is 4.33. The van der Waals surface area contributed by atoms with Gasteiger partial charge in [-0.05, 0) is 48.9 Å². The van der Waals surface area contributed by atoms with Crippen LogP contribution in [0.15, 0.2) is 48.5 Å². The largest absolute Gasteiger partial charge is 0.497 e. The molecule has 1 N–H and O–H groups in total. The number of aromatic nitrogens is 3. The van der Waals surface area contributed by atoms with E-state index in [4.69, 9.17) is 27.9 Å². The van der Waals surface area contributed by atoms with Crippen LogP contribution in [0.2, 0.25) is 10.0 Å². The quantitative estimate of drug-likeness (QED) is 0.386. The monoisotopic (exact) mass is 458 g/mol. The molecule has 0 aliphatic rings. The van der Waals surface area contributed by atoms with Crippen LogP contribution in [0.4, 0.5) is 5.82 Å². The molecule has 2 aromatic heterocycles. The Bertz CT molecular complexity index is 1280. The maximum atomic E-state index is 12.5. The predicted molar refractivity (Wildman–Crippen MR) is 122 cm³/mol. The van der Waals surface area contributed by atoms with Crippen LogP contribution >= 0.6 is 34.5 Å². The van der Waals surface area contributed by atoms with Crippen molar-refractivity contribution in [3.05, 3.63) is 69.8 Å². The zero-order valence-electron chi connectivity index (χ0n) is 16.0. The second kappa shape index (κ2) is 8.47. The molecule has 0 aliphatic carbocycles. The fourth-order valence-electron chi connectivity index (χ4n) is 2.80. The van der Waals surface area contributed by atoms with E-state index < -0.39 is 0 Å². The number of nitrogens with zero attached hydrogens (tertiary/aromatic N) is 3. The Morgan fingerprint density at radius 2 is 2.00 bits per heavy atom. The standard InChI is InChI=1S/C21H16Cl2N4O2S/c1-12-9-19(25-20(28)8-4-13-3-6-15(22)16(23)10-13)27(26-12)21-24-17-7-5-14(29-2)11-18(17)30-21/h3-11H,1-2H3,(H,25,28)/b8-4+. The number of hydrogen-bond acceptors (Lipinski definition) is 5. The Morgan fingerprint density at radius 1 is 1.17 bits per heavy atom. The van der Waals surface area contributed by atoms with Gasteiger partial charge in [-0.3, -0.25) is 4.79 Å². The Balaban J connectivity index is 1.58. The molecule has 4 aromatic rings.